The van der Waals surface area contributed by atoms with Gasteiger partial charge in [0, 0.05) is 0 Å². The van der Waals surface area contributed by atoms with Crippen LogP contribution in [-0.2, 0) is 6.42 Å². The van der Waals surface area contributed by atoms with Gasteiger partial charge in [-0.1, -0.05) is 75.4 Å². The molecule has 0 amide bonds. The Bertz CT molecular complexity index is 822. The van der Waals surface area contributed by atoms with Crippen LogP contribution in [-0.4, -0.2) is 0 Å². The van der Waals surface area contributed by atoms with E-state index < -0.39 is 0 Å². The largest absolute Gasteiger partial charge is 0.0776 e. The van der Waals surface area contributed by atoms with E-state index in [1.807, 2.05) is 0 Å². The topological polar surface area (TPSA) is 0 Å². The minimum atomic E-state index is 0. The lowest BCUT2D eigenvalue weighted by atomic mass is 9.92. The molecular formula is C21H22. The Hall–Kier alpha value is -2.08. The molecule has 0 aromatic heterocycles. The molecule has 0 unspecified atom stereocenters. The van der Waals surface area contributed by atoms with Gasteiger partial charge in [0.2, 0.25) is 0 Å². The summed E-state index contributed by atoms with van der Waals surface area (Å²) in [5.74, 6) is 0. The molecule has 0 heteroatoms. The first-order valence-corrected chi connectivity index (χ1v) is 7.53. The maximum absolute atomic E-state index is 2.38. The molecule has 0 aliphatic heterocycles. The molecule has 0 aliphatic carbocycles. The summed E-state index contributed by atoms with van der Waals surface area (Å²) in [5.41, 5.74) is 1.47. The molecule has 0 spiro atoms. The monoisotopic (exact) mass is 274 g/mol. The average Bonchev–Trinajstić information content (AvgIpc) is 2.50. The summed E-state index contributed by atoms with van der Waals surface area (Å²) >= 11 is 0. The van der Waals surface area contributed by atoms with E-state index in [1.54, 1.807) is 0 Å². The number of benzene rings is 4. The van der Waals surface area contributed by atoms with Crippen LogP contribution in [0.5, 0.6) is 0 Å². The summed E-state index contributed by atoms with van der Waals surface area (Å²) in [6.45, 7) is 2.25. The van der Waals surface area contributed by atoms with Crippen LogP contribution in [0.1, 0.15) is 32.8 Å². The molecule has 0 heterocycles. The van der Waals surface area contributed by atoms with Gasteiger partial charge in [0.15, 0.2) is 0 Å². The van der Waals surface area contributed by atoms with Crippen LogP contribution in [0.4, 0.5) is 0 Å². The van der Waals surface area contributed by atoms with Crippen molar-refractivity contribution in [2.45, 2.75) is 33.6 Å². The van der Waals surface area contributed by atoms with Crippen molar-refractivity contribution in [2.24, 2.45) is 0 Å². The number of aryl methyl sites for hydroxylation is 1. The van der Waals surface area contributed by atoms with Crippen molar-refractivity contribution in [3.63, 3.8) is 0 Å². The molecule has 0 saturated carbocycles. The van der Waals surface area contributed by atoms with Gasteiger partial charge in [-0.3, -0.25) is 0 Å². The smallest absolute Gasteiger partial charge is 0.00266 e. The molecule has 21 heavy (non-hydrogen) atoms. The zero-order valence-corrected chi connectivity index (χ0v) is 11.8. The molecule has 106 valence electrons. The van der Waals surface area contributed by atoms with E-state index in [0.717, 1.165) is 0 Å². The SMILES string of the molecule is C.CCCCc1cc2ccc3cccc4ccc(c1)c2c34. The van der Waals surface area contributed by atoms with E-state index in [9.17, 15) is 0 Å². The third-order valence-electron chi connectivity index (χ3n) is 4.34. The quantitative estimate of drug-likeness (QED) is 0.371. The molecule has 0 saturated heterocycles. The highest BCUT2D eigenvalue weighted by Crippen LogP contribution is 2.35. The molecule has 0 aliphatic rings. The van der Waals surface area contributed by atoms with Crippen molar-refractivity contribution in [1.29, 1.82) is 0 Å². The lowest BCUT2D eigenvalue weighted by Crippen LogP contribution is -1.88. The normalized spacial score (nSPS) is 11.3. The van der Waals surface area contributed by atoms with Crippen LogP contribution in [0.15, 0.2) is 54.6 Å². The predicted octanol–water partition coefficient (Wildman–Crippen LogP) is 6.56. The molecule has 0 atom stereocenters. The molecule has 0 N–H and O–H groups in total. The first-order valence-electron chi connectivity index (χ1n) is 7.53. The van der Waals surface area contributed by atoms with Gasteiger partial charge < -0.3 is 0 Å². The molecular weight excluding hydrogens is 252 g/mol. The van der Waals surface area contributed by atoms with Crippen LogP contribution in [0.25, 0.3) is 32.3 Å². The van der Waals surface area contributed by atoms with E-state index in [0.29, 0.717) is 0 Å². The Morgan fingerprint density at radius 3 is 1.81 bits per heavy atom. The van der Waals surface area contributed by atoms with Crippen molar-refractivity contribution in [3.8, 4) is 0 Å². The van der Waals surface area contributed by atoms with Crippen molar-refractivity contribution in [1.82, 2.24) is 0 Å². The second kappa shape index (κ2) is 5.37. The molecule has 4 aromatic carbocycles. The summed E-state index contributed by atoms with van der Waals surface area (Å²) in [5, 5.41) is 8.32. The Balaban J connectivity index is 0.00000132. The van der Waals surface area contributed by atoms with Crippen LogP contribution in [0.3, 0.4) is 0 Å². The second-order valence-corrected chi connectivity index (χ2v) is 5.73. The van der Waals surface area contributed by atoms with E-state index >= 15 is 0 Å². The number of unbranched alkanes of at least 4 members (excludes halogenated alkanes) is 1. The number of hydrogen-bond donors (Lipinski definition) is 0. The summed E-state index contributed by atoms with van der Waals surface area (Å²) in [6.07, 6.45) is 3.71. The minimum absolute atomic E-state index is 0. The van der Waals surface area contributed by atoms with E-state index in [4.69, 9.17) is 0 Å². The lowest BCUT2D eigenvalue weighted by Gasteiger charge is -2.12. The van der Waals surface area contributed by atoms with Gasteiger partial charge in [-0.25, -0.2) is 0 Å². The first kappa shape index (κ1) is 13.9. The van der Waals surface area contributed by atoms with E-state index in [1.165, 1.54) is 57.1 Å². The first-order chi connectivity index (χ1) is 9.86. The predicted molar refractivity (Wildman–Crippen MR) is 95.5 cm³/mol. The van der Waals surface area contributed by atoms with Crippen LogP contribution >= 0.6 is 0 Å². The summed E-state index contributed by atoms with van der Waals surface area (Å²) in [7, 11) is 0. The lowest BCUT2D eigenvalue weighted by molar-refractivity contribution is 0.796. The maximum atomic E-state index is 2.38. The highest BCUT2D eigenvalue weighted by molar-refractivity contribution is 6.23. The van der Waals surface area contributed by atoms with Crippen molar-refractivity contribution < 1.29 is 0 Å². The fraction of sp³-hybridized carbons (Fsp3) is 0.238. The fourth-order valence-corrected chi connectivity index (χ4v) is 3.34. The molecule has 0 radical (unpaired) electrons. The zero-order chi connectivity index (χ0) is 13.5. The van der Waals surface area contributed by atoms with Crippen LogP contribution in [0.2, 0.25) is 0 Å². The Morgan fingerprint density at radius 1 is 0.714 bits per heavy atom. The van der Waals surface area contributed by atoms with Gasteiger partial charge in [-0.05, 0) is 50.7 Å². The van der Waals surface area contributed by atoms with Gasteiger partial charge >= 0.3 is 0 Å². The third-order valence-corrected chi connectivity index (χ3v) is 4.34. The molecule has 4 rings (SSSR count). The summed E-state index contributed by atoms with van der Waals surface area (Å²) in [4.78, 5) is 0. The second-order valence-electron chi connectivity index (χ2n) is 5.73. The summed E-state index contributed by atoms with van der Waals surface area (Å²) < 4.78 is 0. The van der Waals surface area contributed by atoms with Gasteiger partial charge in [0.05, 0.1) is 0 Å². The molecule has 0 nitrogen and oxygen atoms in total. The zero-order valence-electron chi connectivity index (χ0n) is 11.8. The Kier molecular flexibility index (Phi) is 3.55. The van der Waals surface area contributed by atoms with Crippen LogP contribution < -0.4 is 0 Å². The standard InChI is InChI=1S/C20H18.CH4/c1-2-3-5-14-12-17-10-8-15-6-4-7-16-9-11-18(13-14)20(17)19(15)16;/h4,6-13H,2-3,5H2,1H3;1H4. The highest BCUT2D eigenvalue weighted by atomic mass is 14.1. The van der Waals surface area contributed by atoms with Crippen molar-refractivity contribution in [2.75, 3.05) is 0 Å². The number of hydrogen-bond acceptors (Lipinski definition) is 0. The average molecular weight is 274 g/mol. The van der Waals surface area contributed by atoms with E-state index in [-0.39, 0.29) is 7.43 Å². The summed E-state index contributed by atoms with van der Waals surface area (Å²) in [6, 6.07) is 20.4. The minimum Gasteiger partial charge on any atom is -0.0776 e. The van der Waals surface area contributed by atoms with Gasteiger partial charge in [-0.15, -0.1) is 0 Å². The highest BCUT2D eigenvalue weighted by Gasteiger charge is 2.08. The molecule has 0 bridgehead atoms. The number of rotatable bonds is 3. The molecule has 4 aromatic rings. The van der Waals surface area contributed by atoms with Gasteiger partial charge in [0.1, 0.15) is 0 Å². The Labute approximate surface area is 126 Å². The van der Waals surface area contributed by atoms with Crippen molar-refractivity contribution in [3.05, 3.63) is 60.2 Å². The third kappa shape index (κ3) is 2.15. The maximum Gasteiger partial charge on any atom is -0.00266 e. The van der Waals surface area contributed by atoms with Crippen molar-refractivity contribution >= 4 is 32.3 Å². The van der Waals surface area contributed by atoms with Gasteiger partial charge in [0.25, 0.3) is 0 Å². The molecule has 0 fully saturated rings. The fourth-order valence-electron chi connectivity index (χ4n) is 3.34. The van der Waals surface area contributed by atoms with E-state index in [2.05, 4.69) is 61.5 Å². The van der Waals surface area contributed by atoms with Crippen LogP contribution in [0, 0.1) is 0 Å². The van der Waals surface area contributed by atoms with Gasteiger partial charge in [-0.2, -0.15) is 0 Å². The Morgan fingerprint density at radius 2 is 1.24 bits per heavy atom.